The maximum Gasteiger partial charge on any atom is 0.339 e. The first-order valence-corrected chi connectivity index (χ1v) is 11.5. The maximum absolute atomic E-state index is 12.5. The molecule has 3 aromatic carbocycles. The minimum atomic E-state index is -4.00. The smallest absolute Gasteiger partial charge is 0.339 e. The first kappa shape index (κ1) is 21.5. The summed E-state index contributed by atoms with van der Waals surface area (Å²) in [6, 6.07) is 19.7. The Balaban J connectivity index is 1.80. The van der Waals surface area contributed by atoms with Crippen molar-refractivity contribution < 1.29 is 17.4 Å². The summed E-state index contributed by atoms with van der Waals surface area (Å²) in [5.74, 6) is -0.293. The van der Waals surface area contributed by atoms with Crippen LogP contribution >= 0.6 is 38.5 Å². The second-order valence-electron chi connectivity index (χ2n) is 5.74. The maximum atomic E-state index is 12.5. The van der Waals surface area contributed by atoms with Crippen LogP contribution in [0.25, 0.3) is 0 Å². The molecule has 0 saturated carbocycles. The van der Waals surface area contributed by atoms with Gasteiger partial charge in [-0.1, -0.05) is 40.2 Å². The minimum absolute atomic E-state index is 0.0396. The van der Waals surface area contributed by atoms with Crippen molar-refractivity contribution in [2.45, 2.75) is 4.90 Å². The van der Waals surface area contributed by atoms with Gasteiger partial charge in [0.05, 0.1) is 6.21 Å². The number of hydrogen-bond acceptors (Lipinski definition) is 5. The second kappa shape index (κ2) is 9.51. The molecule has 0 bridgehead atoms. The number of rotatable bonds is 6. The standard InChI is InChI=1S/C20H14BrIN2O4S/c21-16-9-10-19(28-29(26,27)18-7-2-1-3-8-18)15(11-16)13-23-24-20(25)14-5-4-6-17(22)12-14/h1-13H,(H,24,25)/b23-13-. The van der Waals surface area contributed by atoms with Gasteiger partial charge in [-0.25, -0.2) is 5.43 Å². The number of nitrogens with zero attached hydrogens (tertiary/aromatic N) is 1. The van der Waals surface area contributed by atoms with E-state index >= 15 is 0 Å². The molecule has 0 saturated heterocycles. The predicted octanol–water partition coefficient (Wildman–Crippen LogP) is 4.59. The number of benzene rings is 3. The summed E-state index contributed by atoms with van der Waals surface area (Å²) >= 11 is 5.45. The van der Waals surface area contributed by atoms with E-state index in [-0.39, 0.29) is 16.6 Å². The fraction of sp³-hybridized carbons (Fsp3) is 0. The molecule has 3 rings (SSSR count). The van der Waals surface area contributed by atoms with E-state index in [2.05, 4.69) is 49.0 Å². The zero-order valence-electron chi connectivity index (χ0n) is 14.7. The van der Waals surface area contributed by atoms with E-state index in [0.717, 1.165) is 3.57 Å². The third kappa shape index (κ3) is 5.87. The van der Waals surface area contributed by atoms with E-state index < -0.39 is 10.1 Å². The Bertz CT molecular complexity index is 1170. The van der Waals surface area contributed by atoms with Crippen LogP contribution in [0.5, 0.6) is 5.75 Å². The third-order valence-electron chi connectivity index (χ3n) is 3.66. The number of hydrazone groups is 1. The summed E-state index contributed by atoms with van der Waals surface area (Å²) in [5, 5.41) is 3.93. The highest BCUT2D eigenvalue weighted by molar-refractivity contribution is 14.1. The Kier molecular flexibility index (Phi) is 7.04. The van der Waals surface area contributed by atoms with Crippen molar-refractivity contribution in [3.63, 3.8) is 0 Å². The Morgan fingerprint density at radius 3 is 2.52 bits per heavy atom. The van der Waals surface area contributed by atoms with Gasteiger partial charge in [-0.15, -0.1) is 0 Å². The third-order valence-corrected chi connectivity index (χ3v) is 6.07. The van der Waals surface area contributed by atoms with Crippen LogP contribution in [0.4, 0.5) is 0 Å². The van der Waals surface area contributed by atoms with Crippen LogP contribution < -0.4 is 9.61 Å². The van der Waals surface area contributed by atoms with Crippen molar-refractivity contribution in [3.8, 4) is 5.75 Å². The van der Waals surface area contributed by atoms with Gasteiger partial charge in [0, 0.05) is 19.2 Å². The highest BCUT2D eigenvalue weighted by Crippen LogP contribution is 2.25. The highest BCUT2D eigenvalue weighted by Gasteiger charge is 2.18. The highest BCUT2D eigenvalue weighted by atomic mass is 127. The van der Waals surface area contributed by atoms with E-state index in [1.54, 1.807) is 48.5 Å². The molecule has 148 valence electrons. The van der Waals surface area contributed by atoms with Crippen molar-refractivity contribution in [1.82, 2.24) is 5.43 Å². The lowest BCUT2D eigenvalue weighted by atomic mass is 10.2. The molecule has 0 unspecified atom stereocenters. The SMILES string of the molecule is O=C(N/N=C\c1cc(Br)ccc1OS(=O)(=O)c1ccccc1)c1cccc(I)c1. The molecular formula is C20H14BrIN2O4S. The molecule has 0 aromatic heterocycles. The summed E-state index contributed by atoms with van der Waals surface area (Å²) in [4.78, 5) is 12.2. The Hall–Kier alpha value is -2.24. The fourth-order valence-electron chi connectivity index (χ4n) is 2.30. The molecule has 29 heavy (non-hydrogen) atoms. The molecule has 0 aliphatic carbocycles. The number of nitrogens with one attached hydrogen (secondary N) is 1. The lowest BCUT2D eigenvalue weighted by molar-refractivity contribution is 0.0955. The van der Waals surface area contributed by atoms with Gasteiger partial charge in [0.2, 0.25) is 0 Å². The Morgan fingerprint density at radius 1 is 1.03 bits per heavy atom. The summed E-state index contributed by atoms with van der Waals surface area (Å²) in [5.41, 5.74) is 3.26. The summed E-state index contributed by atoms with van der Waals surface area (Å²) < 4.78 is 31.9. The summed E-state index contributed by atoms with van der Waals surface area (Å²) in [6.07, 6.45) is 1.33. The zero-order valence-corrected chi connectivity index (χ0v) is 19.3. The quantitative estimate of drug-likeness (QED) is 0.199. The molecule has 9 heteroatoms. The van der Waals surface area contributed by atoms with Gasteiger partial charge >= 0.3 is 10.1 Å². The zero-order chi connectivity index (χ0) is 20.9. The number of hydrogen-bond donors (Lipinski definition) is 1. The van der Waals surface area contributed by atoms with Crippen LogP contribution in [0.2, 0.25) is 0 Å². The van der Waals surface area contributed by atoms with Gasteiger partial charge in [-0.05, 0) is 71.1 Å². The summed E-state index contributed by atoms with van der Waals surface area (Å²) in [6.45, 7) is 0. The van der Waals surface area contributed by atoms with E-state index in [1.165, 1.54) is 24.4 Å². The van der Waals surface area contributed by atoms with Crippen LogP contribution in [0.1, 0.15) is 15.9 Å². The lowest BCUT2D eigenvalue weighted by Gasteiger charge is -2.10. The van der Waals surface area contributed by atoms with Crippen LogP contribution in [-0.2, 0) is 10.1 Å². The molecule has 1 amide bonds. The molecule has 3 aromatic rings. The van der Waals surface area contributed by atoms with Crippen molar-refractivity contribution in [1.29, 1.82) is 0 Å². The van der Waals surface area contributed by atoms with Crippen LogP contribution in [-0.4, -0.2) is 20.5 Å². The monoisotopic (exact) mass is 584 g/mol. The molecule has 1 N–H and O–H groups in total. The van der Waals surface area contributed by atoms with Gasteiger partial charge in [0.25, 0.3) is 5.91 Å². The van der Waals surface area contributed by atoms with Crippen LogP contribution in [0, 0.1) is 3.57 Å². The first-order chi connectivity index (χ1) is 13.8. The van der Waals surface area contributed by atoms with E-state index in [9.17, 15) is 13.2 Å². The molecule has 0 aliphatic rings. The fourth-order valence-corrected chi connectivity index (χ4v) is 4.20. The van der Waals surface area contributed by atoms with Gasteiger partial charge in [0.15, 0.2) is 5.75 Å². The average Bonchev–Trinajstić information content (AvgIpc) is 2.70. The average molecular weight is 585 g/mol. The number of carbonyl (C=O) groups excluding carboxylic acids is 1. The normalized spacial score (nSPS) is 11.4. The first-order valence-electron chi connectivity index (χ1n) is 8.23. The van der Waals surface area contributed by atoms with E-state index in [1.807, 2.05) is 6.07 Å². The largest absolute Gasteiger partial charge is 0.378 e. The molecule has 0 heterocycles. The molecule has 0 atom stereocenters. The second-order valence-corrected chi connectivity index (χ2v) is 9.45. The van der Waals surface area contributed by atoms with Crippen LogP contribution in [0.15, 0.2) is 87.3 Å². The molecule has 0 spiro atoms. The lowest BCUT2D eigenvalue weighted by Crippen LogP contribution is -2.17. The Morgan fingerprint density at radius 2 is 1.79 bits per heavy atom. The number of carbonyl (C=O) groups is 1. The molecular weight excluding hydrogens is 571 g/mol. The predicted molar refractivity (Wildman–Crippen MR) is 123 cm³/mol. The van der Waals surface area contributed by atoms with Gasteiger partial charge in [-0.2, -0.15) is 13.5 Å². The van der Waals surface area contributed by atoms with Gasteiger partial charge in [-0.3, -0.25) is 4.79 Å². The number of halogens is 2. The van der Waals surface area contributed by atoms with Crippen molar-refractivity contribution >= 4 is 60.8 Å². The van der Waals surface area contributed by atoms with Crippen molar-refractivity contribution in [3.05, 3.63) is 92.0 Å². The van der Waals surface area contributed by atoms with Crippen molar-refractivity contribution in [2.24, 2.45) is 5.10 Å². The topological polar surface area (TPSA) is 84.8 Å². The number of amides is 1. The molecule has 0 aliphatic heterocycles. The molecule has 6 nitrogen and oxygen atoms in total. The van der Waals surface area contributed by atoms with E-state index in [0.29, 0.717) is 15.6 Å². The van der Waals surface area contributed by atoms with E-state index in [4.69, 9.17) is 4.18 Å². The summed E-state index contributed by atoms with van der Waals surface area (Å²) in [7, 11) is -4.00. The van der Waals surface area contributed by atoms with Gasteiger partial charge < -0.3 is 4.18 Å². The van der Waals surface area contributed by atoms with Crippen molar-refractivity contribution in [2.75, 3.05) is 0 Å². The molecule has 0 radical (unpaired) electrons. The van der Waals surface area contributed by atoms with Crippen LogP contribution in [0.3, 0.4) is 0 Å². The Labute approximate surface area is 190 Å². The molecule has 0 fully saturated rings. The minimum Gasteiger partial charge on any atom is -0.378 e. The van der Waals surface area contributed by atoms with Gasteiger partial charge in [0.1, 0.15) is 4.90 Å².